The standard InChI is InChI=1S/C17H20N2OS/c1-12-8-9-16(20-3)13(10-12)11-19(2)15-7-5-4-6-14(15)17(18)21/h4-10H,11H2,1-3H3,(H2,18,21). The number of ether oxygens (including phenoxy) is 1. The number of nitrogens with zero attached hydrogens (tertiary/aromatic N) is 1. The van der Waals surface area contributed by atoms with Gasteiger partial charge in [-0.1, -0.05) is 42.0 Å². The van der Waals surface area contributed by atoms with Gasteiger partial charge in [-0.2, -0.15) is 0 Å². The van der Waals surface area contributed by atoms with E-state index in [1.165, 1.54) is 5.56 Å². The monoisotopic (exact) mass is 300 g/mol. The van der Waals surface area contributed by atoms with Gasteiger partial charge < -0.3 is 15.4 Å². The maximum absolute atomic E-state index is 5.81. The van der Waals surface area contributed by atoms with E-state index in [0.717, 1.165) is 29.1 Å². The number of anilines is 1. The summed E-state index contributed by atoms with van der Waals surface area (Å²) in [6.45, 7) is 2.80. The highest BCUT2D eigenvalue weighted by molar-refractivity contribution is 7.80. The van der Waals surface area contributed by atoms with Gasteiger partial charge in [-0.3, -0.25) is 0 Å². The number of hydrogen-bond acceptors (Lipinski definition) is 3. The fourth-order valence-electron chi connectivity index (χ4n) is 2.39. The van der Waals surface area contributed by atoms with Crippen LogP contribution in [0.3, 0.4) is 0 Å². The molecule has 0 aromatic heterocycles. The molecule has 2 aromatic carbocycles. The summed E-state index contributed by atoms with van der Waals surface area (Å²) in [6, 6.07) is 14.1. The largest absolute Gasteiger partial charge is 0.496 e. The number of rotatable bonds is 5. The molecule has 0 aliphatic heterocycles. The lowest BCUT2D eigenvalue weighted by atomic mass is 10.1. The summed E-state index contributed by atoms with van der Waals surface area (Å²) < 4.78 is 5.44. The van der Waals surface area contributed by atoms with Gasteiger partial charge in [0.1, 0.15) is 10.7 Å². The van der Waals surface area contributed by atoms with Gasteiger partial charge in [-0.25, -0.2) is 0 Å². The van der Waals surface area contributed by atoms with Crippen LogP contribution in [0, 0.1) is 6.92 Å². The van der Waals surface area contributed by atoms with Crippen molar-refractivity contribution in [2.24, 2.45) is 5.73 Å². The van der Waals surface area contributed by atoms with Crippen molar-refractivity contribution in [2.45, 2.75) is 13.5 Å². The van der Waals surface area contributed by atoms with Gasteiger partial charge in [0.15, 0.2) is 0 Å². The molecular weight excluding hydrogens is 280 g/mol. The molecule has 0 unspecified atom stereocenters. The smallest absolute Gasteiger partial charge is 0.123 e. The number of methoxy groups -OCH3 is 1. The molecule has 0 radical (unpaired) electrons. The highest BCUT2D eigenvalue weighted by Crippen LogP contribution is 2.25. The van der Waals surface area contributed by atoms with Crippen molar-refractivity contribution in [3.05, 3.63) is 59.2 Å². The van der Waals surface area contributed by atoms with Crippen molar-refractivity contribution in [3.63, 3.8) is 0 Å². The molecule has 2 aromatic rings. The highest BCUT2D eigenvalue weighted by Gasteiger charge is 2.12. The fourth-order valence-corrected chi connectivity index (χ4v) is 2.56. The van der Waals surface area contributed by atoms with Gasteiger partial charge in [-0.15, -0.1) is 0 Å². The summed E-state index contributed by atoms with van der Waals surface area (Å²) in [5, 5.41) is 0. The predicted molar refractivity (Wildman–Crippen MR) is 92.2 cm³/mol. The van der Waals surface area contributed by atoms with Crippen molar-refractivity contribution in [2.75, 3.05) is 19.1 Å². The molecule has 0 aliphatic carbocycles. The van der Waals surface area contributed by atoms with E-state index in [2.05, 4.69) is 17.9 Å². The van der Waals surface area contributed by atoms with Crippen LogP contribution in [0.25, 0.3) is 0 Å². The molecule has 110 valence electrons. The van der Waals surface area contributed by atoms with E-state index in [4.69, 9.17) is 22.7 Å². The average Bonchev–Trinajstić information content (AvgIpc) is 2.47. The Balaban J connectivity index is 2.32. The van der Waals surface area contributed by atoms with Crippen LogP contribution in [0.5, 0.6) is 5.75 Å². The van der Waals surface area contributed by atoms with Crippen LogP contribution in [0.2, 0.25) is 0 Å². The Hall–Kier alpha value is -2.07. The van der Waals surface area contributed by atoms with Gasteiger partial charge in [0.05, 0.1) is 7.11 Å². The van der Waals surface area contributed by atoms with E-state index >= 15 is 0 Å². The molecule has 2 N–H and O–H groups in total. The molecule has 0 saturated heterocycles. The van der Waals surface area contributed by atoms with E-state index in [-0.39, 0.29) is 0 Å². The number of nitrogens with two attached hydrogens (primary N) is 1. The molecule has 2 rings (SSSR count). The van der Waals surface area contributed by atoms with Gasteiger partial charge in [0.25, 0.3) is 0 Å². The number of aryl methyl sites for hydroxylation is 1. The Labute approximate surface area is 131 Å². The quantitative estimate of drug-likeness (QED) is 0.860. The predicted octanol–water partition coefficient (Wildman–Crippen LogP) is 3.27. The first-order valence-electron chi connectivity index (χ1n) is 6.76. The minimum atomic E-state index is 0.411. The van der Waals surface area contributed by atoms with E-state index in [1.807, 2.05) is 43.4 Å². The van der Waals surface area contributed by atoms with Gasteiger partial charge in [-0.05, 0) is 25.1 Å². The lowest BCUT2D eigenvalue weighted by Crippen LogP contribution is -2.21. The number of hydrogen-bond donors (Lipinski definition) is 1. The van der Waals surface area contributed by atoms with Crippen molar-refractivity contribution >= 4 is 22.9 Å². The first-order valence-corrected chi connectivity index (χ1v) is 7.17. The second-order valence-corrected chi connectivity index (χ2v) is 5.49. The third-order valence-electron chi connectivity index (χ3n) is 3.42. The second kappa shape index (κ2) is 6.59. The van der Waals surface area contributed by atoms with Gasteiger partial charge in [0.2, 0.25) is 0 Å². The molecular formula is C17H20N2OS. The van der Waals surface area contributed by atoms with Crippen molar-refractivity contribution < 1.29 is 4.74 Å². The summed E-state index contributed by atoms with van der Waals surface area (Å²) in [5.41, 5.74) is 10.1. The minimum absolute atomic E-state index is 0.411. The van der Waals surface area contributed by atoms with Crippen LogP contribution in [0.15, 0.2) is 42.5 Å². The maximum Gasteiger partial charge on any atom is 0.123 e. The summed E-state index contributed by atoms with van der Waals surface area (Å²) in [6.07, 6.45) is 0. The summed E-state index contributed by atoms with van der Waals surface area (Å²) in [7, 11) is 3.72. The normalized spacial score (nSPS) is 10.2. The highest BCUT2D eigenvalue weighted by atomic mass is 32.1. The Morgan fingerprint density at radius 1 is 1.24 bits per heavy atom. The van der Waals surface area contributed by atoms with E-state index in [9.17, 15) is 0 Å². The molecule has 0 bridgehead atoms. The van der Waals surface area contributed by atoms with Crippen LogP contribution < -0.4 is 15.4 Å². The Morgan fingerprint density at radius 3 is 2.62 bits per heavy atom. The molecule has 0 heterocycles. The van der Waals surface area contributed by atoms with E-state index < -0.39 is 0 Å². The summed E-state index contributed by atoms with van der Waals surface area (Å²) in [5.74, 6) is 0.889. The molecule has 3 nitrogen and oxygen atoms in total. The zero-order chi connectivity index (χ0) is 15.4. The molecule has 0 spiro atoms. The summed E-state index contributed by atoms with van der Waals surface area (Å²) in [4.78, 5) is 2.54. The van der Waals surface area contributed by atoms with Crippen molar-refractivity contribution in [1.82, 2.24) is 0 Å². The van der Waals surface area contributed by atoms with Crippen LogP contribution >= 0.6 is 12.2 Å². The SMILES string of the molecule is COc1ccc(C)cc1CN(C)c1ccccc1C(N)=S. The molecule has 4 heteroatoms. The lowest BCUT2D eigenvalue weighted by Gasteiger charge is -2.23. The second-order valence-electron chi connectivity index (χ2n) is 5.05. The fraction of sp³-hybridized carbons (Fsp3) is 0.235. The Kier molecular flexibility index (Phi) is 4.81. The number of para-hydroxylation sites is 1. The van der Waals surface area contributed by atoms with Crippen molar-refractivity contribution in [1.29, 1.82) is 0 Å². The number of benzene rings is 2. The maximum atomic E-state index is 5.81. The first-order chi connectivity index (χ1) is 10.0. The molecule has 0 atom stereocenters. The number of thiocarbonyl (C=S) groups is 1. The molecule has 0 aliphatic rings. The molecule has 21 heavy (non-hydrogen) atoms. The zero-order valence-corrected chi connectivity index (χ0v) is 13.4. The van der Waals surface area contributed by atoms with Gasteiger partial charge >= 0.3 is 0 Å². The average molecular weight is 300 g/mol. The van der Waals surface area contributed by atoms with Crippen LogP contribution in [0.4, 0.5) is 5.69 Å². The topological polar surface area (TPSA) is 38.5 Å². The van der Waals surface area contributed by atoms with E-state index in [1.54, 1.807) is 7.11 Å². The molecule has 0 saturated carbocycles. The van der Waals surface area contributed by atoms with Crippen LogP contribution in [-0.2, 0) is 6.54 Å². The lowest BCUT2D eigenvalue weighted by molar-refractivity contribution is 0.409. The molecule has 0 amide bonds. The first kappa shape index (κ1) is 15.3. The Bertz CT molecular complexity index is 655. The van der Waals surface area contributed by atoms with E-state index in [0.29, 0.717) is 4.99 Å². The zero-order valence-electron chi connectivity index (χ0n) is 12.6. The third-order valence-corrected chi connectivity index (χ3v) is 3.64. The Morgan fingerprint density at radius 2 is 1.95 bits per heavy atom. The van der Waals surface area contributed by atoms with Crippen LogP contribution in [0.1, 0.15) is 16.7 Å². The molecule has 0 fully saturated rings. The van der Waals surface area contributed by atoms with Crippen LogP contribution in [-0.4, -0.2) is 19.1 Å². The third kappa shape index (κ3) is 3.52. The minimum Gasteiger partial charge on any atom is -0.496 e. The summed E-state index contributed by atoms with van der Waals surface area (Å²) >= 11 is 5.13. The van der Waals surface area contributed by atoms with Gasteiger partial charge in [0, 0.05) is 30.4 Å². The van der Waals surface area contributed by atoms with Crippen molar-refractivity contribution in [3.8, 4) is 5.75 Å².